The molecule has 0 heterocycles. The SMILES string of the molecule is N#Cc1cc(I)c(OCc2ccccc2F)c(I)c1. The van der Waals surface area contributed by atoms with Crippen molar-refractivity contribution in [1.29, 1.82) is 5.26 Å². The van der Waals surface area contributed by atoms with Gasteiger partial charge in [-0.3, -0.25) is 0 Å². The second kappa shape index (κ2) is 6.52. The van der Waals surface area contributed by atoms with E-state index in [1.807, 2.05) is 0 Å². The molecule has 0 spiro atoms. The summed E-state index contributed by atoms with van der Waals surface area (Å²) in [5.41, 5.74) is 1.10. The lowest BCUT2D eigenvalue weighted by molar-refractivity contribution is 0.295. The number of rotatable bonds is 3. The van der Waals surface area contributed by atoms with E-state index in [1.165, 1.54) is 6.07 Å². The maximum Gasteiger partial charge on any atom is 0.146 e. The lowest BCUT2D eigenvalue weighted by atomic mass is 10.2. The fraction of sp³-hybridized carbons (Fsp3) is 0.0714. The van der Waals surface area contributed by atoms with Gasteiger partial charge in [0.15, 0.2) is 0 Å². The second-order valence-electron chi connectivity index (χ2n) is 3.76. The number of hydrogen-bond acceptors (Lipinski definition) is 2. The van der Waals surface area contributed by atoms with Crippen molar-refractivity contribution in [3.05, 3.63) is 60.5 Å². The van der Waals surface area contributed by atoms with Crippen LogP contribution in [0.4, 0.5) is 4.39 Å². The summed E-state index contributed by atoms with van der Waals surface area (Å²) in [6.45, 7) is 0.171. The van der Waals surface area contributed by atoms with Crippen LogP contribution in [0.3, 0.4) is 0 Å². The summed E-state index contributed by atoms with van der Waals surface area (Å²) >= 11 is 4.22. The van der Waals surface area contributed by atoms with Crippen molar-refractivity contribution in [2.24, 2.45) is 0 Å². The minimum absolute atomic E-state index is 0.171. The number of halogens is 3. The molecule has 0 amide bonds. The molecule has 0 fully saturated rings. The lowest BCUT2D eigenvalue weighted by Gasteiger charge is -2.11. The Morgan fingerprint density at radius 1 is 1.16 bits per heavy atom. The average Bonchev–Trinajstić information content (AvgIpc) is 2.39. The molecule has 5 heteroatoms. The summed E-state index contributed by atoms with van der Waals surface area (Å²) in [7, 11) is 0. The van der Waals surface area contributed by atoms with Crippen molar-refractivity contribution in [3.63, 3.8) is 0 Å². The first-order valence-electron chi connectivity index (χ1n) is 5.37. The molecule has 0 saturated heterocycles. The summed E-state index contributed by atoms with van der Waals surface area (Å²) in [5.74, 6) is 0.407. The highest BCUT2D eigenvalue weighted by Gasteiger charge is 2.10. The van der Waals surface area contributed by atoms with Crippen molar-refractivity contribution in [1.82, 2.24) is 0 Å². The van der Waals surface area contributed by atoms with E-state index in [0.717, 1.165) is 7.14 Å². The minimum atomic E-state index is -0.277. The standard InChI is InChI=1S/C14H8FI2NO/c15-11-4-2-1-3-10(11)8-19-14-12(16)5-9(7-18)6-13(14)17/h1-6H,8H2. The van der Waals surface area contributed by atoms with Crippen molar-refractivity contribution >= 4 is 45.2 Å². The zero-order valence-electron chi connectivity index (χ0n) is 9.66. The van der Waals surface area contributed by atoms with E-state index >= 15 is 0 Å². The molecule has 0 radical (unpaired) electrons. The normalized spacial score (nSPS) is 10.0. The highest BCUT2D eigenvalue weighted by atomic mass is 127. The molecule has 0 bridgehead atoms. The van der Waals surface area contributed by atoms with Gasteiger partial charge in [0.25, 0.3) is 0 Å². The fourth-order valence-corrected chi connectivity index (χ4v) is 3.61. The highest BCUT2D eigenvalue weighted by Crippen LogP contribution is 2.29. The predicted molar refractivity (Wildman–Crippen MR) is 87.3 cm³/mol. The third-order valence-corrected chi connectivity index (χ3v) is 4.06. The number of ether oxygens (including phenoxy) is 1. The van der Waals surface area contributed by atoms with Crippen molar-refractivity contribution in [2.45, 2.75) is 6.61 Å². The van der Waals surface area contributed by atoms with E-state index in [9.17, 15) is 4.39 Å². The van der Waals surface area contributed by atoms with Gasteiger partial charge in [-0.1, -0.05) is 18.2 Å². The van der Waals surface area contributed by atoms with Crippen LogP contribution in [-0.2, 0) is 6.61 Å². The maximum atomic E-state index is 13.5. The third kappa shape index (κ3) is 3.57. The zero-order valence-corrected chi connectivity index (χ0v) is 14.0. The highest BCUT2D eigenvalue weighted by molar-refractivity contribution is 14.1. The fourth-order valence-electron chi connectivity index (χ4n) is 1.53. The summed E-state index contributed by atoms with van der Waals surface area (Å²) in [6.07, 6.45) is 0. The number of benzene rings is 2. The van der Waals surface area contributed by atoms with Crippen molar-refractivity contribution in [2.75, 3.05) is 0 Å². The van der Waals surface area contributed by atoms with E-state index < -0.39 is 0 Å². The summed E-state index contributed by atoms with van der Waals surface area (Å²) < 4.78 is 20.8. The predicted octanol–water partition coefficient (Wildman–Crippen LogP) is 4.49. The molecule has 19 heavy (non-hydrogen) atoms. The molecule has 96 valence electrons. The van der Waals surface area contributed by atoms with Crippen LogP contribution in [0.2, 0.25) is 0 Å². The van der Waals surface area contributed by atoms with Gasteiger partial charge in [0.05, 0.1) is 18.8 Å². The van der Waals surface area contributed by atoms with E-state index in [4.69, 9.17) is 10.00 Å². The van der Waals surface area contributed by atoms with Gasteiger partial charge in [-0.25, -0.2) is 4.39 Å². The van der Waals surface area contributed by atoms with Gasteiger partial charge in [0.1, 0.15) is 18.2 Å². The second-order valence-corrected chi connectivity index (χ2v) is 6.09. The van der Waals surface area contributed by atoms with Gasteiger partial charge in [-0.05, 0) is 63.4 Å². The Morgan fingerprint density at radius 2 is 1.79 bits per heavy atom. The van der Waals surface area contributed by atoms with Gasteiger partial charge >= 0.3 is 0 Å². The zero-order chi connectivity index (χ0) is 13.8. The van der Waals surface area contributed by atoms with Crippen LogP contribution in [-0.4, -0.2) is 0 Å². The molecular weight excluding hydrogens is 471 g/mol. The first-order chi connectivity index (χ1) is 9.11. The number of nitrogens with zero attached hydrogens (tertiary/aromatic N) is 1. The maximum absolute atomic E-state index is 13.5. The van der Waals surface area contributed by atoms with Crippen molar-refractivity contribution < 1.29 is 9.13 Å². The Balaban J connectivity index is 2.21. The molecule has 0 saturated carbocycles. The summed E-state index contributed by atoms with van der Waals surface area (Å²) in [4.78, 5) is 0. The summed E-state index contributed by atoms with van der Waals surface area (Å²) in [6, 6.07) is 12.1. The lowest BCUT2D eigenvalue weighted by Crippen LogP contribution is -2.01. The van der Waals surface area contributed by atoms with Crippen molar-refractivity contribution in [3.8, 4) is 11.8 Å². The van der Waals surface area contributed by atoms with Gasteiger partial charge in [-0.2, -0.15) is 5.26 Å². The van der Waals surface area contributed by atoms with Gasteiger partial charge in [0.2, 0.25) is 0 Å². The molecule has 0 atom stereocenters. The molecule has 0 aliphatic heterocycles. The van der Waals surface area contributed by atoms with Gasteiger partial charge in [0, 0.05) is 5.56 Å². The topological polar surface area (TPSA) is 33.0 Å². The average molecular weight is 479 g/mol. The first-order valence-corrected chi connectivity index (χ1v) is 7.53. The number of hydrogen-bond donors (Lipinski definition) is 0. The molecule has 0 aliphatic carbocycles. The van der Waals surface area contributed by atoms with Crippen LogP contribution in [0, 0.1) is 24.3 Å². The van der Waals surface area contributed by atoms with Crippen LogP contribution >= 0.6 is 45.2 Å². The quantitative estimate of drug-likeness (QED) is 0.609. The minimum Gasteiger partial charge on any atom is -0.487 e. The molecule has 0 unspecified atom stereocenters. The Morgan fingerprint density at radius 3 is 2.37 bits per heavy atom. The van der Waals surface area contributed by atoms with Gasteiger partial charge in [-0.15, -0.1) is 0 Å². The Hall–Kier alpha value is -0.880. The number of nitriles is 1. The van der Waals surface area contributed by atoms with Crippen LogP contribution in [0.1, 0.15) is 11.1 Å². The van der Waals surface area contributed by atoms with Crippen LogP contribution in [0.25, 0.3) is 0 Å². The smallest absolute Gasteiger partial charge is 0.146 e. The largest absolute Gasteiger partial charge is 0.487 e. The van der Waals surface area contributed by atoms with Crippen LogP contribution < -0.4 is 4.74 Å². The molecular formula is C14H8FI2NO. The monoisotopic (exact) mass is 479 g/mol. The van der Waals surface area contributed by atoms with Crippen LogP contribution in [0.5, 0.6) is 5.75 Å². The first kappa shape index (κ1) is 14.5. The summed E-state index contributed by atoms with van der Waals surface area (Å²) in [5, 5.41) is 8.87. The molecule has 2 nitrogen and oxygen atoms in total. The Bertz CT molecular complexity index is 629. The van der Waals surface area contributed by atoms with E-state index in [-0.39, 0.29) is 12.4 Å². The van der Waals surface area contributed by atoms with E-state index in [1.54, 1.807) is 30.3 Å². The molecule has 2 aromatic rings. The molecule has 2 aromatic carbocycles. The molecule has 0 aliphatic rings. The third-order valence-electron chi connectivity index (χ3n) is 2.46. The molecule has 0 aromatic heterocycles. The van der Waals surface area contributed by atoms with Crippen LogP contribution in [0.15, 0.2) is 36.4 Å². The Kier molecular flexibility index (Phi) is 4.99. The van der Waals surface area contributed by atoms with E-state index in [0.29, 0.717) is 16.9 Å². The molecule has 0 N–H and O–H groups in total. The van der Waals surface area contributed by atoms with E-state index in [2.05, 4.69) is 51.3 Å². The Labute approximate surface area is 137 Å². The van der Waals surface area contributed by atoms with Gasteiger partial charge < -0.3 is 4.74 Å². The molecule has 2 rings (SSSR count).